The van der Waals surface area contributed by atoms with Gasteiger partial charge in [0.25, 0.3) is 16.7 Å². The highest BCUT2D eigenvalue weighted by molar-refractivity contribution is 8.00. The molecule has 0 aliphatic rings. The average Bonchev–Trinajstić information content (AvgIpc) is 1.44. The fraction of sp³-hybridized carbons (Fsp3) is 0.149. The number of hydrogen-bond donors (Lipinski definition) is 3. The number of pyridine rings is 3. The summed E-state index contributed by atoms with van der Waals surface area (Å²) < 4.78 is 99.5. The number of alkyl halides is 3. The molecule has 9 aromatic heterocycles. The molecule has 0 unspecified atom stereocenters. The summed E-state index contributed by atoms with van der Waals surface area (Å²) in [6.45, 7) is 5.13. The standard InChI is InChI=1S/C25H18F3N3O5S.C25H21N3O6S.C24H18FN3O5S/c1-12-17-20-18(23(33)31(22(17)30(2)29-12)14-7-9-15(35-3)10-8-14)19(32)21(24(34)36-20)37-16-6-4-5-13(11-16)25(26,27)28;1-13-18-21-19(20(29)22(25(31)34-21)35-17-7-5-6-16(12-17)33-4)24(30)28(23(18)27(2)26-13)14-8-10-15(32-3)11-9-14;1-12-17-20-18(19(29)21(24(31)33-20)34-16-9-4-6-13(25)10-16)23(30)28(22(17)27(2)26-12)14-7-5-8-15(11-14)32-3/h4-11,32H,1-3H3;5-12,29H,1-4H3;4-11,29H,1-3H3. The molecule has 0 fully saturated rings. The Balaban J connectivity index is 0.000000141. The molecule has 0 aliphatic carbocycles. The van der Waals surface area contributed by atoms with Gasteiger partial charge in [0.1, 0.15) is 76.6 Å². The lowest BCUT2D eigenvalue weighted by atomic mass is 10.1. The van der Waals surface area contributed by atoms with Crippen molar-refractivity contribution in [3.63, 3.8) is 0 Å². The molecule has 32 heteroatoms. The summed E-state index contributed by atoms with van der Waals surface area (Å²) >= 11 is 2.38. The molecule has 9 heterocycles. The molecule has 106 heavy (non-hydrogen) atoms. The molecule has 0 saturated carbocycles. The number of rotatable bonds is 13. The lowest BCUT2D eigenvalue weighted by Crippen LogP contribution is -2.22. The molecule has 15 rings (SSSR count). The molecule has 0 aliphatic heterocycles. The normalized spacial score (nSPS) is 11.6. The van der Waals surface area contributed by atoms with Crippen LogP contribution in [0.15, 0.2) is 217 Å². The molecular formula is C74H57F4N9O16S3. The number of nitrogens with zero attached hydrogens (tertiary/aromatic N) is 9. The highest BCUT2D eigenvalue weighted by atomic mass is 32.2. The van der Waals surface area contributed by atoms with Crippen LogP contribution in [0.25, 0.3) is 83.1 Å². The molecule has 0 atom stereocenters. The van der Waals surface area contributed by atoms with Gasteiger partial charge < -0.3 is 47.5 Å². The molecule has 540 valence electrons. The van der Waals surface area contributed by atoms with Crippen LogP contribution in [0.4, 0.5) is 17.6 Å². The monoisotopic (exact) mass is 1500 g/mol. The van der Waals surface area contributed by atoms with Crippen molar-refractivity contribution in [2.45, 2.75) is 56.3 Å². The Hall–Kier alpha value is -12.4. The smallest absolute Gasteiger partial charge is 0.416 e. The van der Waals surface area contributed by atoms with E-state index in [9.17, 15) is 61.6 Å². The van der Waals surface area contributed by atoms with Crippen LogP contribution < -0.4 is 52.5 Å². The van der Waals surface area contributed by atoms with Gasteiger partial charge in [-0.25, -0.2) is 18.8 Å². The van der Waals surface area contributed by atoms with E-state index in [1.165, 1.54) is 74.7 Å². The van der Waals surface area contributed by atoms with Gasteiger partial charge >= 0.3 is 23.1 Å². The largest absolute Gasteiger partial charge is 0.505 e. The zero-order valence-corrected chi connectivity index (χ0v) is 59.7. The molecular weight excluding hydrogens is 1440 g/mol. The third-order valence-electron chi connectivity index (χ3n) is 17.0. The highest BCUT2D eigenvalue weighted by Gasteiger charge is 2.33. The first-order valence-corrected chi connectivity index (χ1v) is 34.0. The van der Waals surface area contributed by atoms with E-state index in [0.29, 0.717) is 112 Å². The molecule has 6 aromatic carbocycles. The number of ether oxygens (including phenoxy) is 4. The van der Waals surface area contributed by atoms with E-state index in [4.69, 9.17) is 32.2 Å². The van der Waals surface area contributed by atoms with Crippen molar-refractivity contribution in [1.29, 1.82) is 0 Å². The topological polar surface area (TPSA) is 308 Å². The molecule has 15 aromatic rings. The van der Waals surface area contributed by atoms with E-state index in [-0.39, 0.29) is 47.6 Å². The Morgan fingerprint density at radius 3 is 1.09 bits per heavy atom. The molecule has 0 saturated heterocycles. The molecule has 0 amide bonds. The second-order valence-electron chi connectivity index (χ2n) is 23.5. The average molecular weight is 1500 g/mol. The van der Waals surface area contributed by atoms with Gasteiger partial charge in [-0.2, -0.15) is 28.5 Å². The fourth-order valence-corrected chi connectivity index (χ4v) is 14.9. The lowest BCUT2D eigenvalue weighted by molar-refractivity contribution is -0.137. The van der Waals surface area contributed by atoms with Crippen LogP contribution in [0.3, 0.4) is 0 Å². The first kappa shape index (κ1) is 72.0. The number of methoxy groups -OCH3 is 4. The number of halogens is 4. The first-order valence-electron chi connectivity index (χ1n) is 31.5. The SMILES string of the molecule is COc1ccc(-n2c(=O)c3c(O)c(Sc4cccc(C(F)(F)F)c4)c(=O)oc3c3c(C)nn(C)c32)cc1.COc1ccc(-n2c(=O)c3c(O)c(Sc4cccc(OC)c4)c(=O)oc3c3c(C)nn(C)c32)cc1.COc1cccc(-n2c(=O)c3c(O)c(Sc4cccc(F)c4)c(=O)oc3c3c(C)nn(C)c32)c1. The summed E-state index contributed by atoms with van der Waals surface area (Å²) in [5.74, 6) is 0.147. The van der Waals surface area contributed by atoms with Crippen molar-refractivity contribution in [3.8, 4) is 57.3 Å². The summed E-state index contributed by atoms with van der Waals surface area (Å²) in [7, 11) is 11.1. The van der Waals surface area contributed by atoms with Crippen molar-refractivity contribution in [2.75, 3.05) is 28.4 Å². The second kappa shape index (κ2) is 28.3. The van der Waals surface area contributed by atoms with Crippen LogP contribution in [-0.2, 0) is 27.3 Å². The van der Waals surface area contributed by atoms with Gasteiger partial charge in [-0.1, -0.05) is 59.6 Å². The maximum absolute atomic E-state index is 13.8. The van der Waals surface area contributed by atoms with Crippen molar-refractivity contribution < 1.29 is 65.1 Å². The van der Waals surface area contributed by atoms with Gasteiger partial charge in [-0.15, -0.1) is 0 Å². The Bertz CT molecular complexity index is 6480. The van der Waals surface area contributed by atoms with Crippen LogP contribution in [-0.4, -0.2) is 86.8 Å². The predicted octanol–water partition coefficient (Wildman–Crippen LogP) is 13.2. The van der Waals surface area contributed by atoms with Gasteiger partial charge in [0.15, 0.2) is 34.0 Å². The zero-order chi connectivity index (χ0) is 75.6. The quantitative estimate of drug-likeness (QED) is 0.0903. The number of benzene rings is 6. The first-order chi connectivity index (χ1) is 50.6. The van der Waals surface area contributed by atoms with Crippen LogP contribution in [0, 0.1) is 26.6 Å². The molecule has 0 spiro atoms. The lowest BCUT2D eigenvalue weighted by Gasteiger charge is -2.13. The van der Waals surface area contributed by atoms with Crippen molar-refractivity contribution in [2.24, 2.45) is 21.1 Å². The van der Waals surface area contributed by atoms with Crippen molar-refractivity contribution in [1.82, 2.24) is 43.0 Å². The van der Waals surface area contributed by atoms with E-state index in [0.717, 1.165) is 35.7 Å². The van der Waals surface area contributed by atoms with E-state index < -0.39 is 73.3 Å². The summed E-state index contributed by atoms with van der Waals surface area (Å²) in [6, 6.07) is 37.2. The summed E-state index contributed by atoms with van der Waals surface area (Å²) in [4.78, 5) is 80.5. The number of aromatic hydroxyl groups is 3. The minimum Gasteiger partial charge on any atom is -0.505 e. The Morgan fingerprint density at radius 1 is 0.396 bits per heavy atom. The Morgan fingerprint density at radius 2 is 0.726 bits per heavy atom. The summed E-state index contributed by atoms with van der Waals surface area (Å²) in [5, 5.41) is 47.3. The van der Waals surface area contributed by atoms with Gasteiger partial charge in [-0.3, -0.25) is 42.1 Å². The highest BCUT2D eigenvalue weighted by Crippen LogP contribution is 2.43. The zero-order valence-electron chi connectivity index (χ0n) is 57.3. The van der Waals surface area contributed by atoms with E-state index >= 15 is 0 Å². The molecule has 0 bridgehead atoms. The number of hydrogen-bond acceptors (Lipinski definition) is 22. The van der Waals surface area contributed by atoms with Crippen LogP contribution in [0.5, 0.6) is 40.2 Å². The number of aromatic nitrogens is 9. The minimum atomic E-state index is -4.60. The maximum atomic E-state index is 13.8. The van der Waals surface area contributed by atoms with Gasteiger partial charge in [-0.05, 0) is 136 Å². The van der Waals surface area contributed by atoms with E-state index in [2.05, 4.69) is 15.3 Å². The molecule has 3 N–H and O–H groups in total. The van der Waals surface area contributed by atoms with E-state index in [1.54, 1.807) is 157 Å². The molecule has 25 nitrogen and oxygen atoms in total. The predicted molar refractivity (Wildman–Crippen MR) is 389 cm³/mol. The van der Waals surface area contributed by atoms with Gasteiger partial charge in [0.2, 0.25) is 0 Å². The van der Waals surface area contributed by atoms with Crippen LogP contribution in [0.2, 0.25) is 0 Å². The maximum Gasteiger partial charge on any atom is 0.416 e. The third kappa shape index (κ3) is 12.9. The summed E-state index contributed by atoms with van der Waals surface area (Å²) in [6.07, 6.45) is -4.60. The second-order valence-corrected chi connectivity index (χ2v) is 26.8. The Kier molecular flexibility index (Phi) is 19.2. The number of fused-ring (bicyclic) bond motifs is 9. The van der Waals surface area contributed by atoms with Crippen molar-refractivity contribution >= 4 is 101 Å². The fourth-order valence-electron chi connectivity index (χ4n) is 12.3. The minimum absolute atomic E-state index is 0.00199. The summed E-state index contributed by atoms with van der Waals surface area (Å²) in [5.41, 5.74) is -1.53. The van der Waals surface area contributed by atoms with Gasteiger partial charge in [0.05, 0.1) is 84.3 Å². The third-order valence-corrected chi connectivity index (χ3v) is 20.1. The molecule has 0 radical (unpaired) electrons. The van der Waals surface area contributed by atoms with Gasteiger partial charge in [0, 0.05) is 41.9 Å². The number of aryl methyl sites for hydroxylation is 6. The van der Waals surface area contributed by atoms with E-state index in [1.807, 2.05) is 0 Å². The van der Waals surface area contributed by atoms with Crippen LogP contribution >= 0.6 is 35.3 Å². The Labute approximate surface area is 605 Å². The van der Waals surface area contributed by atoms with Crippen LogP contribution in [0.1, 0.15) is 22.6 Å². The van der Waals surface area contributed by atoms with Crippen molar-refractivity contribution in [3.05, 3.63) is 236 Å².